The van der Waals surface area contributed by atoms with Gasteiger partial charge in [0.05, 0.1) is 0 Å². The molecule has 2 heteroatoms. The Morgan fingerprint density at radius 3 is 2.27 bits per heavy atom. The van der Waals surface area contributed by atoms with Gasteiger partial charge in [0, 0.05) is 31.2 Å². The van der Waals surface area contributed by atoms with Gasteiger partial charge in [-0.25, -0.2) is 0 Å². The summed E-state index contributed by atoms with van der Waals surface area (Å²) in [5.41, 5.74) is 0. The fourth-order valence-electron chi connectivity index (χ4n) is 3.69. The van der Waals surface area contributed by atoms with Gasteiger partial charge >= 0.3 is 0 Å². The Bertz CT molecular complexity index is 225. The molecule has 2 nitrogen and oxygen atoms in total. The minimum Gasteiger partial charge on any atom is -0.304 e. The zero-order valence-corrected chi connectivity index (χ0v) is 10.9. The topological polar surface area (TPSA) is 6.48 Å². The highest BCUT2D eigenvalue weighted by molar-refractivity contribution is 5.01. The van der Waals surface area contributed by atoms with Gasteiger partial charge in [-0.1, -0.05) is 13.8 Å². The van der Waals surface area contributed by atoms with Gasteiger partial charge in [0.25, 0.3) is 0 Å². The highest BCUT2D eigenvalue weighted by Crippen LogP contribution is 2.39. The van der Waals surface area contributed by atoms with Crippen LogP contribution in [0, 0.1) is 11.8 Å². The van der Waals surface area contributed by atoms with E-state index < -0.39 is 0 Å². The van der Waals surface area contributed by atoms with Crippen molar-refractivity contribution in [1.29, 1.82) is 0 Å². The molecule has 2 heterocycles. The lowest BCUT2D eigenvalue weighted by Gasteiger charge is -2.35. The molecule has 3 atom stereocenters. The first-order chi connectivity index (χ1) is 7.00. The molecule has 0 amide bonds. The van der Waals surface area contributed by atoms with Crippen LogP contribution in [-0.4, -0.2) is 48.1 Å². The second-order valence-corrected chi connectivity index (χ2v) is 6.14. The lowest BCUT2D eigenvalue weighted by atomic mass is 9.97. The van der Waals surface area contributed by atoms with E-state index in [0.717, 1.165) is 23.9 Å². The van der Waals surface area contributed by atoms with Crippen molar-refractivity contribution < 1.29 is 0 Å². The van der Waals surface area contributed by atoms with E-state index in [1.54, 1.807) is 0 Å². The molecule has 2 saturated heterocycles. The molecule has 2 fully saturated rings. The zero-order chi connectivity index (χ0) is 11.2. The summed E-state index contributed by atoms with van der Waals surface area (Å²) in [5.74, 6) is 1.74. The normalized spacial score (nSPS) is 38.2. The van der Waals surface area contributed by atoms with Crippen molar-refractivity contribution in [1.82, 2.24) is 9.80 Å². The van der Waals surface area contributed by atoms with E-state index in [9.17, 15) is 0 Å². The van der Waals surface area contributed by atoms with Gasteiger partial charge in [-0.2, -0.15) is 0 Å². The van der Waals surface area contributed by atoms with Gasteiger partial charge in [0.2, 0.25) is 0 Å². The Morgan fingerprint density at radius 2 is 1.73 bits per heavy atom. The molecule has 0 radical (unpaired) electrons. The molecule has 2 aliphatic heterocycles. The van der Waals surface area contributed by atoms with Gasteiger partial charge in [-0.05, 0) is 39.2 Å². The van der Waals surface area contributed by atoms with Crippen LogP contribution in [0.1, 0.15) is 34.1 Å². The highest BCUT2D eigenvalue weighted by atomic mass is 15.3. The fourth-order valence-corrected chi connectivity index (χ4v) is 3.69. The van der Waals surface area contributed by atoms with Crippen LogP contribution in [0.25, 0.3) is 0 Å². The molecule has 0 bridgehead atoms. The third-order valence-electron chi connectivity index (χ3n) is 4.27. The second-order valence-electron chi connectivity index (χ2n) is 6.14. The van der Waals surface area contributed by atoms with Crippen LogP contribution < -0.4 is 0 Å². The van der Waals surface area contributed by atoms with Crippen LogP contribution in [0.4, 0.5) is 0 Å². The minimum absolute atomic E-state index is 0.707. The van der Waals surface area contributed by atoms with Crippen molar-refractivity contribution in [2.45, 2.75) is 52.2 Å². The van der Waals surface area contributed by atoms with Crippen molar-refractivity contribution in [3.8, 4) is 0 Å². The number of fused-ring (bicyclic) bond motifs is 1. The maximum Gasteiger partial charge on any atom is 0.0269 e. The molecule has 0 aromatic carbocycles. The summed E-state index contributed by atoms with van der Waals surface area (Å²) in [4.78, 5) is 5.29. The van der Waals surface area contributed by atoms with Crippen molar-refractivity contribution in [2.75, 3.05) is 20.1 Å². The first-order valence-electron chi connectivity index (χ1n) is 6.46. The lowest BCUT2D eigenvalue weighted by Crippen LogP contribution is -2.45. The summed E-state index contributed by atoms with van der Waals surface area (Å²) >= 11 is 0. The molecule has 3 unspecified atom stereocenters. The zero-order valence-electron chi connectivity index (χ0n) is 10.9. The van der Waals surface area contributed by atoms with Crippen molar-refractivity contribution in [3.05, 3.63) is 0 Å². The van der Waals surface area contributed by atoms with Crippen LogP contribution >= 0.6 is 0 Å². The first-order valence-corrected chi connectivity index (χ1v) is 6.46. The van der Waals surface area contributed by atoms with Crippen molar-refractivity contribution >= 4 is 0 Å². The molecule has 2 rings (SSSR count). The minimum atomic E-state index is 0.707. The average Bonchev–Trinajstić information content (AvgIpc) is 2.58. The molecule has 0 aromatic rings. The molecular weight excluding hydrogens is 184 g/mol. The van der Waals surface area contributed by atoms with Crippen molar-refractivity contribution in [2.24, 2.45) is 11.8 Å². The number of hydrogen-bond donors (Lipinski definition) is 0. The molecule has 88 valence electrons. The third-order valence-corrected chi connectivity index (χ3v) is 4.27. The van der Waals surface area contributed by atoms with E-state index in [1.807, 2.05) is 0 Å². The fraction of sp³-hybridized carbons (Fsp3) is 1.00. The Kier molecular flexibility index (Phi) is 3.09. The van der Waals surface area contributed by atoms with Gasteiger partial charge in [0.1, 0.15) is 0 Å². The number of rotatable bonds is 2. The van der Waals surface area contributed by atoms with Gasteiger partial charge in [0.15, 0.2) is 0 Å². The van der Waals surface area contributed by atoms with E-state index in [1.165, 1.54) is 19.5 Å². The molecule has 0 saturated carbocycles. The second kappa shape index (κ2) is 4.06. The number of likely N-dealkylation sites (N-methyl/N-ethyl adjacent to an activating group) is 1. The Morgan fingerprint density at radius 1 is 1.07 bits per heavy atom. The highest BCUT2D eigenvalue weighted by Gasteiger charge is 2.46. The quantitative estimate of drug-likeness (QED) is 0.688. The maximum absolute atomic E-state index is 2.79. The molecule has 0 N–H and O–H groups in total. The van der Waals surface area contributed by atoms with E-state index in [0.29, 0.717) is 6.04 Å². The average molecular weight is 210 g/mol. The standard InChI is InChI=1S/C13H26N2/c1-9(2)12-6-11-7-14(5)8-13(11)15(12)10(3)4/h9-13H,6-8H2,1-5H3. The first kappa shape index (κ1) is 11.4. The van der Waals surface area contributed by atoms with Crippen LogP contribution in [0.15, 0.2) is 0 Å². The smallest absolute Gasteiger partial charge is 0.0269 e. The molecule has 15 heavy (non-hydrogen) atoms. The number of likely N-dealkylation sites (tertiary alicyclic amines) is 2. The molecule has 0 aliphatic carbocycles. The number of hydrogen-bond acceptors (Lipinski definition) is 2. The summed E-state index contributed by atoms with van der Waals surface area (Å²) in [6.45, 7) is 12.1. The van der Waals surface area contributed by atoms with Crippen LogP contribution in [0.2, 0.25) is 0 Å². The molecule has 0 aromatic heterocycles. The summed E-state index contributed by atoms with van der Waals surface area (Å²) < 4.78 is 0. The van der Waals surface area contributed by atoms with Gasteiger partial charge in [-0.3, -0.25) is 4.90 Å². The largest absolute Gasteiger partial charge is 0.304 e. The number of nitrogens with zero attached hydrogens (tertiary/aromatic N) is 2. The molecular formula is C13H26N2. The third kappa shape index (κ3) is 1.94. The van der Waals surface area contributed by atoms with Crippen molar-refractivity contribution in [3.63, 3.8) is 0 Å². The summed E-state index contributed by atoms with van der Waals surface area (Å²) in [5, 5.41) is 0. The Labute approximate surface area is 94.6 Å². The monoisotopic (exact) mass is 210 g/mol. The summed E-state index contributed by atoms with van der Waals surface area (Å²) in [7, 11) is 2.27. The SMILES string of the molecule is CC(C)C1CC2CN(C)CC2N1C(C)C. The van der Waals surface area contributed by atoms with Gasteiger partial charge < -0.3 is 4.90 Å². The Hall–Kier alpha value is -0.0800. The predicted molar refractivity (Wildman–Crippen MR) is 65.0 cm³/mol. The summed E-state index contributed by atoms with van der Waals surface area (Å²) in [6.07, 6.45) is 1.42. The van der Waals surface area contributed by atoms with E-state index >= 15 is 0 Å². The Balaban J connectivity index is 2.14. The van der Waals surface area contributed by atoms with E-state index in [-0.39, 0.29) is 0 Å². The van der Waals surface area contributed by atoms with Crippen LogP contribution in [-0.2, 0) is 0 Å². The molecule has 0 spiro atoms. The maximum atomic E-state index is 2.79. The predicted octanol–water partition coefficient (Wildman–Crippen LogP) is 2.06. The van der Waals surface area contributed by atoms with Crippen LogP contribution in [0.3, 0.4) is 0 Å². The van der Waals surface area contributed by atoms with Gasteiger partial charge in [-0.15, -0.1) is 0 Å². The summed E-state index contributed by atoms with van der Waals surface area (Å²) in [6, 6.07) is 2.37. The van der Waals surface area contributed by atoms with E-state index in [4.69, 9.17) is 0 Å². The van der Waals surface area contributed by atoms with E-state index in [2.05, 4.69) is 44.5 Å². The van der Waals surface area contributed by atoms with Crippen LogP contribution in [0.5, 0.6) is 0 Å². The lowest BCUT2D eigenvalue weighted by molar-refractivity contribution is 0.112. The molecule has 2 aliphatic rings.